The summed E-state index contributed by atoms with van der Waals surface area (Å²) in [5, 5.41) is 15.5. The molecule has 22 heavy (non-hydrogen) atoms. The van der Waals surface area contributed by atoms with Crippen molar-refractivity contribution < 1.29 is 0 Å². The Morgan fingerprint density at radius 1 is 1.36 bits per heavy atom. The Balaban J connectivity index is 2.19. The van der Waals surface area contributed by atoms with Gasteiger partial charge in [0.15, 0.2) is 0 Å². The molecule has 2 aromatic heterocycles. The first kappa shape index (κ1) is 15.7. The van der Waals surface area contributed by atoms with Crippen LogP contribution in [0.4, 0.5) is 17.3 Å². The molecule has 114 valence electrons. The summed E-state index contributed by atoms with van der Waals surface area (Å²) in [4.78, 5) is 8.61. The molecule has 0 saturated heterocycles. The molecular formula is C16H20N6. The molecule has 0 bridgehead atoms. The van der Waals surface area contributed by atoms with E-state index in [0.717, 1.165) is 12.1 Å². The normalized spacial score (nSPS) is 11.5. The third kappa shape index (κ3) is 4.17. The summed E-state index contributed by atoms with van der Waals surface area (Å²) >= 11 is 0. The second-order valence-corrected chi connectivity index (χ2v) is 5.07. The molecule has 6 nitrogen and oxygen atoms in total. The highest BCUT2D eigenvalue weighted by molar-refractivity contribution is 5.67. The first-order chi connectivity index (χ1) is 10.6. The van der Waals surface area contributed by atoms with Crippen molar-refractivity contribution >= 4 is 17.3 Å². The van der Waals surface area contributed by atoms with Crippen LogP contribution in [-0.4, -0.2) is 22.6 Å². The van der Waals surface area contributed by atoms with Gasteiger partial charge in [-0.25, -0.2) is 9.97 Å². The first-order valence-corrected chi connectivity index (χ1v) is 7.22. The summed E-state index contributed by atoms with van der Waals surface area (Å²) in [6.07, 6.45) is 2.43. The van der Waals surface area contributed by atoms with Crippen LogP contribution in [0.15, 0.2) is 30.5 Å². The van der Waals surface area contributed by atoms with Crippen LogP contribution in [0.5, 0.6) is 0 Å². The second kappa shape index (κ2) is 7.38. The van der Waals surface area contributed by atoms with Gasteiger partial charge >= 0.3 is 0 Å². The highest BCUT2D eigenvalue weighted by atomic mass is 15.0. The maximum Gasteiger partial charge on any atom is 0.130 e. The van der Waals surface area contributed by atoms with E-state index in [9.17, 15) is 5.26 Å². The van der Waals surface area contributed by atoms with E-state index < -0.39 is 0 Å². The molecular weight excluding hydrogens is 276 g/mol. The number of nitrogens with one attached hydrogen (secondary N) is 2. The molecule has 2 aromatic rings. The number of hydrogen-bond donors (Lipinski definition) is 3. The fraction of sp³-hybridized carbons (Fsp3) is 0.312. The molecule has 2 rings (SSSR count). The molecule has 0 saturated carbocycles. The largest absolute Gasteiger partial charge is 0.368 e. The summed E-state index contributed by atoms with van der Waals surface area (Å²) in [6, 6.07) is 9.69. The lowest BCUT2D eigenvalue weighted by atomic mass is 10.2. The van der Waals surface area contributed by atoms with Gasteiger partial charge in [0.05, 0.1) is 11.3 Å². The molecule has 1 unspecified atom stereocenters. The maximum atomic E-state index is 9.21. The number of nitrogens with two attached hydrogens (primary N) is 1. The summed E-state index contributed by atoms with van der Waals surface area (Å²) in [5.41, 5.74) is 7.93. The third-order valence-electron chi connectivity index (χ3n) is 3.25. The number of nitrogens with zero attached hydrogens (tertiary/aromatic N) is 3. The lowest BCUT2D eigenvalue weighted by Gasteiger charge is -2.13. The summed E-state index contributed by atoms with van der Waals surface area (Å²) in [7, 11) is 0. The Morgan fingerprint density at radius 2 is 2.18 bits per heavy atom. The molecule has 6 heteroatoms. The Morgan fingerprint density at radius 3 is 2.86 bits per heavy atom. The van der Waals surface area contributed by atoms with Gasteiger partial charge in [-0.2, -0.15) is 5.26 Å². The highest BCUT2D eigenvalue weighted by Gasteiger charge is 2.07. The molecule has 4 N–H and O–H groups in total. The van der Waals surface area contributed by atoms with E-state index in [0.29, 0.717) is 29.4 Å². The van der Waals surface area contributed by atoms with Crippen molar-refractivity contribution in [3.8, 4) is 6.07 Å². The quantitative estimate of drug-likeness (QED) is 0.757. The minimum absolute atomic E-state index is 0.0762. The van der Waals surface area contributed by atoms with E-state index in [1.165, 1.54) is 6.20 Å². The number of pyridine rings is 2. The first-order valence-electron chi connectivity index (χ1n) is 7.22. The number of nitriles is 1. The SMILES string of the molecule is CCC(N)CNc1cc(Nc2cccc(C)n2)c(C#N)cn1. The van der Waals surface area contributed by atoms with Crippen molar-refractivity contribution in [3.05, 3.63) is 41.7 Å². The van der Waals surface area contributed by atoms with Gasteiger partial charge in [0.25, 0.3) is 0 Å². The predicted molar refractivity (Wildman–Crippen MR) is 88.0 cm³/mol. The Labute approximate surface area is 130 Å². The number of hydrogen-bond acceptors (Lipinski definition) is 6. The molecule has 0 amide bonds. The van der Waals surface area contributed by atoms with Crippen LogP contribution in [0.1, 0.15) is 24.6 Å². The zero-order chi connectivity index (χ0) is 15.9. The van der Waals surface area contributed by atoms with Crippen LogP contribution in [0.2, 0.25) is 0 Å². The van der Waals surface area contributed by atoms with Gasteiger partial charge in [-0.05, 0) is 25.5 Å². The van der Waals surface area contributed by atoms with Gasteiger partial charge in [-0.1, -0.05) is 13.0 Å². The van der Waals surface area contributed by atoms with Crippen molar-refractivity contribution in [2.24, 2.45) is 5.73 Å². The third-order valence-corrected chi connectivity index (χ3v) is 3.25. The fourth-order valence-electron chi connectivity index (χ4n) is 1.88. The lowest BCUT2D eigenvalue weighted by molar-refractivity contribution is 0.678. The second-order valence-electron chi connectivity index (χ2n) is 5.07. The van der Waals surface area contributed by atoms with Crippen molar-refractivity contribution in [2.75, 3.05) is 17.2 Å². The number of aromatic nitrogens is 2. The molecule has 0 radical (unpaired) electrons. The number of aryl methyl sites for hydroxylation is 1. The summed E-state index contributed by atoms with van der Waals surface area (Å²) in [5.74, 6) is 1.37. The molecule has 0 aliphatic heterocycles. The number of anilines is 3. The van der Waals surface area contributed by atoms with Crippen molar-refractivity contribution in [3.63, 3.8) is 0 Å². The number of rotatable bonds is 6. The van der Waals surface area contributed by atoms with Crippen LogP contribution in [0, 0.1) is 18.3 Å². The van der Waals surface area contributed by atoms with E-state index in [2.05, 4.69) is 26.7 Å². The lowest BCUT2D eigenvalue weighted by Crippen LogP contribution is -2.28. The smallest absolute Gasteiger partial charge is 0.130 e. The van der Waals surface area contributed by atoms with Crippen LogP contribution >= 0.6 is 0 Å². The van der Waals surface area contributed by atoms with E-state index in [1.807, 2.05) is 32.0 Å². The van der Waals surface area contributed by atoms with Crippen LogP contribution in [0.3, 0.4) is 0 Å². The standard InChI is InChI=1S/C16H20N6/c1-3-13(18)10-20-16-7-14(12(8-17)9-19-16)22-15-6-4-5-11(2)21-15/h4-7,9,13H,3,10,18H2,1-2H3,(H2,19,20,21,22). The van der Waals surface area contributed by atoms with Crippen molar-refractivity contribution in [1.82, 2.24) is 9.97 Å². The van der Waals surface area contributed by atoms with Crippen LogP contribution in [-0.2, 0) is 0 Å². The molecule has 2 heterocycles. The average molecular weight is 296 g/mol. The van der Waals surface area contributed by atoms with E-state index in [-0.39, 0.29) is 6.04 Å². The van der Waals surface area contributed by atoms with Gasteiger partial charge in [0.2, 0.25) is 0 Å². The monoisotopic (exact) mass is 296 g/mol. The topological polar surface area (TPSA) is 99.6 Å². The van der Waals surface area contributed by atoms with Crippen molar-refractivity contribution in [2.45, 2.75) is 26.3 Å². The zero-order valence-corrected chi connectivity index (χ0v) is 12.8. The molecule has 0 fully saturated rings. The highest BCUT2D eigenvalue weighted by Crippen LogP contribution is 2.21. The fourth-order valence-corrected chi connectivity index (χ4v) is 1.88. The molecule has 0 aliphatic rings. The van der Waals surface area contributed by atoms with Crippen LogP contribution < -0.4 is 16.4 Å². The predicted octanol–water partition coefficient (Wildman–Crippen LogP) is 2.55. The minimum Gasteiger partial charge on any atom is -0.368 e. The zero-order valence-electron chi connectivity index (χ0n) is 12.8. The van der Waals surface area contributed by atoms with Gasteiger partial charge < -0.3 is 16.4 Å². The van der Waals surface area contributed by atoms with Gasteiger partial charge in [0, 0.05) is 30.5 Å². The summed E-state index contributed by atoms with van der Waals surface area (Å²) in [6.45, 7) is 4.59. The summed E-state index contributed by atoms with van der Waals surface area (Å²) < 4.78 is 0. The van der Waals surface area contributed by atoms with Crippen molar-refractivity contribution in [1.29, 1.82) is 5.26 Å². The Hall–Kier alpha value is -2.65. The van der Waals surface area contributed by atoms with Gasteiger partial charge in [-0.3, -0.25) is 0 Å². The van der Waals surface area contributed by atoms with Gasteiger partial charge in [0.1, 0.15) is 17.7 Å². The maximum absolute atomic E-state index is 9.21. The molecule has 0 spiro atoms. The minimum atomic E-state index is 0.0762. The van der Waals surface area contributed by atoms with Crippen LogP contribution in [0.25, 0.3) is 0 Å². The molecule has 0 aliphatic carbocycles. The average Bonchev–Trinajstić information content (AvgIpc) is 2.53. The van der Waals surface area contributed by atoms with E-state index in [4.69, 9.17) is 5.73 Å². The molecule has 1 atom stereocenters. The van der Waals surface area contributed by atoms with E-state index >= 15 is 0 Å². The van der Waals surface area contributed by atoms with E-state index in [1.54, 1.807) is 6.07 Å². The molecule has 0 aromatic carbocycles. The Kier molecular flexibility index (Phi) is 5.28. The van der Waals surface area contributed by atoms with Gasteiger partial charge in [-0.15, -0.1) is 0 Å². The Bertz CT molecular complexity index is 677.